The molecule has 122 valence electrons. The van der Waals surface area contributed by atoms with Crippen LogP contribution in [0.25, 0.3) is 32.9 Å². The molecule has 25 heavy (non-hydrogen) atoms. The standard InChI is InChI=1S/C21H14BrNO2/c1-25-21(24)18-12-20(23-19-10-9-14(22)11-17(18)19)16-8-4-6-13-5-2-3-7-15(13)16/h2-12H,1H3. The first-order valence-electron chi connectivity index (χ1n) is 7.84. The van der Waals surface area contributed by atoms with Crippen LogP contribution < -0.4 is 0 Å². The number of carbonyl (C=O) groups is 1. The molecule has 0 bridgehead atoms. The number of fused-ring (bicyclic) bond motifs is 2. The largest absolute Gasteiger partial charge is 0.465 e. The molecule has 0 radical (unpaired) electrons. The Labute approximate surface area is 153 Å². The highest BCUT2D eigenvalue weighted by molar-refractivity contribution is 9.10. The van der Waals surface area contributed by atoms with Gasteiger partial charge in [-0.1, -0.05) is 58.4 Å². The van der Waals surface area contributed by atoms with Gasteiger partial charge in [-0.3, -0.25) is 0 Å². The zero-order valence-electron chi connectivity index (χ0n) is 13.5. The minimum absolute atomic E-state index is 0.369. The summed E-state index contributed by atoms with van der Waals surface area (Å²) in [6.45, 7) is 0. The topological polar surface area (TPSA) is 39.2 Å². The Balaban J connectivity index is 2.05. The number of rotatable bonds is 2. The summed E-state index contributed by atoms with van der Waals surface area (Å²) in [5.41, 5.74) is 3.02. The zero-order valence-corrected chi connectivity index (χ0v) is 15.1. The fourth-order valence-electron chi connectivity index (χ4n) is 3.06. The molecule has 4 heteroatoms. The molecule has 0 saturated heterocycles. The number of nitrogens with zero attached hydrogens (tertiary/aromatic N) is 1. The summed E-state index contributed by atoms with van der Waals surface area (Å²) < 4.78 is 5.87. The number of methoxy groups -OCH3 is 1. The molecule has 0 N–H and O–H groups in total. The molecule has 0 atom stereocenters. The van der Waals surface area contributed by atoms with Gasteiger partial charge in [0.2, 0.25) is 0 Å². The molecular formula is C21H14BrNO2. The molecule has 1 aromatic heterocycles. The van der Waals surface area contributed by atoms with E-state index in [9.17, 15) is 4.79 Å². The normalized spacial score (nSPS) is 11.0. The summed E-state index contributed by atoms with van der Waals surface area (Å²) in [7, 11) is 1.39. The highest BCUT2D eigenvalue weighted by Gasteiger charge is 2.15. The highest BCUT2D eigenvalue weighted by Crippen LogP contribution is 2.31. The van der Waals surface area contributed by atoms with E-state index < -0.39 is 0 Å². The molecule has 0 aliphatic carbocycles. The molecule has 0 aliphatic rings. The smallest absolute Gasteiger partial charge is 0.338 e. The molecule has 3 nitrogen and oxygen atoms in total. The molecule has 0 spiro atoms. The van der Waals surface area contributed by atoms with E-state index in [1.165, 1.54) is 7.11 Å². The molecule has 4 aromatic rings. The molecular weight excluding hydrogens is 378 g/mol. The van der Waals surface area contributed by atoms with E-state index in [4.69, 9.17) is 9.72 Å². The van der Waals surface area contributed by atoms with Crippen LogP contribution in [0.1, 0.15) is 10.4 Å². The average molecular weight is 392 g/mol. The van der Waals surface area contributed by atoms with Crippen LogP contribution in [-0.4, -0.2) is 18.1 Å². The Hall–Kier alpha value is -2.72. The van der Waals surface area contributed by atoms with Gasteiger partial charge in [-0.05, 0) is 35.0 Å². The third-order valence-corrected chi connectivity index (χ3v) is 4.73. The van der Waals surface area contributed by atoms with E-state index >= 15 is 0 Å². The highest BCUT2D eigenvalue weighted by atomic mass is 79.9. The van der Waals surface area contributed by atoms with E-state index in [2.05, 4.69) is 34.1 Å². The molecule has 0 saturated carbocycles. The van der Waals surface area contributed by atoms with E-state index in [0.29, 0.717) is 5.56 Å². The third kappa shape index (κ3) is 2.79. The fraction of sp³-hybridized carbons (Fsp3) is 0.0476. The van der Waals surface area contributed by atoms with Crippen molar-refractivity contribution < 1.29 is 9.53 Å². The van der Waals surface area contributed by atoms with Gasteiger partial charge in [0.1, 0.15) is 0 Å². The molecule has 1 heterocycles. The molecule has 3 aromatic carbocycles. The number of ether oxygens (including phenoxy) is 1. The lowest BCUT2D eigenvalue weighted by Gasteiger charge is -2.11. The van der Waals surface area contributed by atoms with Crippen molar-refractivity contribution in [2.24, 2.45) is 0 Å². The van der Waals surface area contributed by atoms with Crippen molar-refractivity contribution >= 4 is 43.6 Å². The van der Waals surface area contributed by atoms with Crippen LogP contribution in [0.2, 0.25) is 0 Å². The second-order valence-corrected chi connectivity index (χ2v) is 6.65. The number of hydrogen-bond donors (Lipinski definition) is 0. The lowest BCUT2D eigenvalue weighted by molar-refractivity contribution is 0.0603. The predicted molar refractivity (Wildman–Crippen MR) is 104 cm³/mol. The van der Waals surface area contributed by atoms with Crippen LogP contribution in [-0.2, 0) is 4.74 Å². The molecule has 0 unspecified atom stereocenters. The van der Waals surface area contributed by atoms with Crippen molar-refractivity contribution in [1.82, 2.24) is 4.98 Å². The summed E-state index contributed by atoms with van der Waals surface area (Å²) in [6, 6.07) is 21.8. The van der Waals surface area contributed by atoms with Gasteiger partial charge < -0.3 is 4.74 Å². The molecule has 0 aliphatic heterocycles. The van der Waals surface area contributed by atoms with Crippen molar-refractivity contribution in [3.05, 3.63) is 76.8 Å². The maximum Gasteiger partial charge on any atom is 0.338 e. The van der Waals surface area contributed by atoms with Gasteiger partial charge in [0, 0.05) is 15.4 Å². The van der Waals surface area contributed by atoms with Crippen LogP contribution in [0.4, 0.5) is 0 Å². The van der Waals surface area contributed by atoms with E-state index in [-0.39, 0.29) is 5.97 Å². The summed E-state index contributed by atoms with van der Waals surface area (Å²) in [5, 5.41) is 3.01. The van der Waals surface area contributed by atoms with Crippen molar-refractivity contribution in [3.63, 3.8) is 0 Å². The molecule has 0 fully saturated rings. The van der Waals surface area contributed by atoms with E-state index in [1.807, 2.05) is 48.5 Å². The summed E-state index contributed by atoms with van der Waals surface area (Å²) in [6.07, 6.45) is 0. The number of aromatic nitrogens is 1. The number of benzene rings is 3. The summed E-state index contributed by atoms with van der Waals surface area (Å²) in [5.74, 6) is -0.369. The SMILES string of the molecule is COC(=O)c1cc(-c2cccc3ccccc23)nc2ccc(Br)cc12. The van der Waals surface area contributed by atoms with Crippen LogP contribution in [0, 0.1) is 0 Å². The van der Waals surface area contributed by atoms with Gasteiger partial charge in [0.15, 0.2) is 0 Å². The number of carbonyl (C=O) groups excluding carboxylic acids is 1. The minimum Gasteiger partial charge on any atom is -0.465 e. The van der Waals surface area contributed by atoms with Gasteiger partial charge in [-0.25, -0.2) is 9.78 Å². The van der Waals surface area contributed by atoms with E-state index in [1.54, 1.807) is 0 Å². The minimum atomic E-state index is -0.369. The number of esters is 1. The predicted octanol–water partition coefficient (Wildman–Crippen LogP) is 5.60. The van der Waals surface area contributed by atoms with E-state index in [0.717, 1.165) is 37.4 Å². The number of pyridine rings is 1. The van der Waals surface area contributed by atoms with Crippen LogP contribution >= 0.6 is 15.9 Å². The van der Waals surface area contributed by atoms with Crippen LogP contribution in [0.5, 0.6) is 0 Å². The quantitative estimate of drug-likeness (QED) is 0.417. The van der Waals surface area contributed by atoms with Crippen molar-refractivity contribution in [3.8, 4) is 11.3 Å². The monoisotopic (exact) mass is 391 g/mol. The van der Waals surface area contributed by atoms with Gasteiger partial charge in [0.25, 0.3) is 0 Å². The van der Waals surface area contributed by atoms with Crippen molar-refractivity contribution in [2.45, 2.75) is 0 Å². The zero-order chi connectivity index (χ0) is 17.4. The maximum atomic E-state index is 12.3. The molecule has 0 amide bonds. The first-order valence-corrected chi connectivity index (χ1v) is 8.63. The maximum absolute atomic E-state index is 12.3. The van der Waals surface area contributed by atoms with Crippen LogP contribution in [0.3, 0.4) is 0 Å². The fourth-order valence-corrected chi connectivity index (χ4v) is 3.42. The molecule has 4 rings (SSSR count). The number of hydrogen-bond acceptors (Lipinski definition) is 3. The van der Waals surface area contributed by atoms with Gasteiger partial charge >= 0.3 is 5.97 Å². The Bertz CT molecular complexity index is 1120. The Kier molecular flexibility index (Phi) is 3.98. The van der Waals surface area contributed by atoms with Gasteiger partial charge in [-0.2, -0.15) is 0 Å². The lowest BCUT2D eigenvalue weighted by atomic mass is 9.99. The first-order chi connectivity index (χ1) is 12.2. The Morgan fingerprint density at radius 2 is 1.76 bits per heavy atom. The Morgan fingerprint density at radius 3 is 2.60 bits per heavy atom. The van der Waals surface area contributed by atoms with Crippen molar-refractivity contribution in [1.29, 1.82) is 0 Å². The second kappa shape index (κ2) is 6.30. The van der Waals surface area contributed by atoms with Gasteiger partial charge in [0.05, 0.1) is 23.9 Å². The first kappa shape index (κ1) is 15.8. The Morgan fingerprint density at radius 1 is 0.960 bits per heavy atom. The third-order valence-electron chi connectivity index (χ3n) is 4.24. The lowest BCUT2D eigenvalue weighted by Crippen LogP contribution is -2.04. The number of halogens is 1. The van der Waals surface area contributed by atoms with Crippen molar-refractivity contribution in [2.75, 3.05) is 7.11 Å². The van der Waals surface area contributed by atoms with Gasteiger partial charge in [-0.15, -0.1) is 0 Å². The second-order valence-electron chi connectivity index (χ2n) is 5.73. The van der Waals surface area contributed by atoms with Crippen LogP contribution in [0.15, 0.2) is 71.2 Å². The average Bonchev–Trinajstić information content (AvgIpc) is 2.66. The summed E-state index contributed by atoms with van der Waals surface area (Å²) >= 11 is 3.45. The summed E-state index contributed by atoms with van der Waals surface area (Å²) in [4.78, 5) is 17.1.